The molecule has 0 spiro atoms. The Morgan fingerprint density at radius 2 is 1.94 bits per heavy atom. The molecule has 1 N–H and O–H groups in total. The number of carbonyl (C=O) groups is 2. The van der Waals surface area contributed by atoms with Gasteiger partial charge >= 0.3 is 6.18 Å². The summed E-state index contributed by atoms with van der Waals surface area (Å²) in [4.78, 5) is 29.0. The Labute approximate surface area is 198 Å². The third kappa shape index (κ3) is 7.33. The van der Waals surface area contributed by atoms with Gasteiger partial charge in [-0.3, -0.25) is 14.5 Å². The van der Waals surface area contributed by atoms with Gasteiger partial charge in [0.25, 0.3) is 5.91 Å². The molecule has 3 atom stereocenters. The summed E-state index contributed by atoms with van der Waals surface area (Å²) >= 11 is 0. The molecule has 1 saturated carbocycles. The van der Waals surface area contributed by atoms with E-state index in [-0.39, 0.29) is 35.2 Å². The summed E-state index contributed by atoms with van der Waals surface area (Å²) in [6.45, 7) is 6.68. The van der Waals surface area contributed by atoms with Crippen molar-refractivity contribution in [3.63, 3.8) is 0 Å². The molecule has 7 nitrogen and oxygen atoms in total. The fourth-order valence-corrected chi connectivity index (χ4v) is 4.20. The van der Waals surface area contributed by atoms with Crippen LogP contribution >= 0.6 is 0 Å². The van der Waals surface area contributed by atoms with Crippen LogP contribution in [0, 0.1) is 11.8 Å². The van der Waals surface area contributed by atoms with Crippen LogP contribution in [0.1, 0.15) is 43.5 Å². The van der Waals surface area contributed by atoms with E-state index in [0.717, 1.165) is 13.1 Å². The van der Waals surface area contributed by atoms with Gasteiger partial charge in [0.15, 0.2) is 0 Å². The maximum atomic E-state index is 13.3. The fraction of sp³-hybridized carbons (Fsp3) is 0.667. The van der Waals surface area contributed by atoms with Crippen LogP contribution in [-0.2, 0) is 9.53 Å². The molecule has 0 aromatic heterocycles. The van der Waals surface area contributed by atoms with Gasteiger partial charge in [-0.2, -0.15) is 13.2 Å². The van der Waals surface area contributed by atoms with Crippen LogP contribution in [0.2, 0.25) is 0 Å². The molecule has 2 amide bonds. The van der Waals surface area contributed by atoms with Gasteiger partial charge in [-0.05, 0) is 49.8 Å². The second-order valence-electron chi connectivity index (χ2n) is 9.55. The first-order valence-corrected chi connectivity index (χ1v) is 11.6. The van der Waals surface area contributed by atoms with Crippen molar-refractivity contribution in [2.75, 3.05) is 45.7 Å². The van der Waals surface area contributed by atoms with Gasteiger partial charge in [0.1, 0.15) is 18.8 Å². The molecule has 0 saturated heterocycles. The number of nitrogens with one attached hydrogen (secondary N) is 1. The van der Waals surface area contributed by atoms with Crippen LogP contribution < -0.4 is 10.1 Å². The van der Waals surface area contributed by atoms with E-state index in [2.05, 4.69) is 24.1 Å². The van der Waals surface area contributed by atoms with Crippen LogP contribution in [0.4, 0.5) is 18.9 Å². The smallest absolute Gasteiger partial charge is 0.397 e. The van der Waals surface area contributed by atoms with Crippen LogP contribution in [0.15, 0.2) is 18.2 Å². The van der Waals surface area contributed by atoms with Crippen LogP contribution in [0.3, 0.4) is 0 Å². The van der Waals surface area contributed by atoms with E-state index in [1.165, 1.54) is 35.9 Å². The van der Waals surface area contributed by atoms with Crippen LogP contribution in [0.25, 0.3) is 0 Å². The lowest BCUT2D eigenvalue weighted by molar-refractivity contribution is -0.150. The Morgan fingerprint density at radius 1 is 1.24 bits per heavy atom. The van der Waals surface area contributed by atoms with Gasteiger partial charge in [-0.15, -0.1) is 0 Å². The molecule has 34 heavy (non-hydrogen) atoms. The van der Waals surface area contributed by atoms with Gasteiger partial charge in [0.05, 0.1) is 11.7 Å². The van der Waals surface area contributed by atoms with Gasteiger partial charge < -0.3 is 19.7 Å². The first-order chi connectivity index (χ1) is 16.0. The minimum absolute atomic E-state index is 0.0897. The average Bonchev–Trinajstić information content (AvgIpc) is 3.57. The lowest BCUT2D eigenvalue weighted by Gasteiger charge is -2.36. The third-order valence-corrected chi connectivity index (χ3v) is 6.41. The number of alkyl halides is 3. The molecule has 1 aliphatic heterocycles. The summed E-state index contributed by atoms with van der Waals surface area (Å²) in [6, 6.07) is 4.42. The molecule has 0 unspecified atom stereocenters. The first kappa shape index (κ1) is 26.3. The predicted molar refractivity (Wildman–Crippen MR) is 122 cm³/mol. The van der Waals surface area contributed by atoms with Gasteiger partial charge in [-0.1, -0.05) is 6.92 Å². The fourth-order valence-electron chi connectivity index (χ4n) is 4.20. The Kier molecular flexibility index (Phi) is 8.46. The van der Waals surface area contributed by atoms with E-state index in [9.17, 15) is 22.8 Å². The zero-order chi connectivity index (χ0) is 25.0. The summed E-state index contributed by atoms with van der Waals surface area (Å²) in [5.74, 6) is -0.373. The van der Waals surface area contributed by atoms with E-state index >= 15 is 0 Å². The number of nitrogens with zero attached hydrogens (tertiary/aromatic N) is 2. The van der Waals surface area contributed by atoms with E-state index in [1.807, 2.05) is 0 Å². The number of hydrogen-bond donors (Lipinski definition) is 1. The second-order valence-corrected chi connectivity index (χ2v) is 9.55. The largest absolute Gasteiger partial charge is 0.491 e. The molecule has 0 bridgehead atoms. The monoisotopic (exact) mass is 485 g/mol. The molecule has 1 aliphatic carbocycles. The van der Waals surface area contributed by atoms with Crippen molar-refractivity contribution in [2.24, 2.45) is 11.8 Å². The molecule has 0 radical (unpaired) electrons. The highest BCUT2D eigenvalue weighted by Crippen LogP contribution is 2.32. The zero-order valence-corrected chi connectivity index (χ0v) is 20.2. The summed E-state index contributed by atoms with van der Waals surface area (Å²) in [5.41, 5.74) is 0.279. The summed E-state index contributed by atoms with van der Waals surface area (Å²) in [7, 11) is 3.28. The highest BCUT2D eigenvalue weighted by atomic mass is 19.4. The molecule has 1 aromatic carbocycles. The average molecular weight is 486 g/mol. The number of carbonyl (C=O) groups excluding carboxylic acids is 2. The van der Waals surface area contributed by atoms with E-state index in [4.69, 9.17) is 9.47 Å². The molecule has 1 aromatic rings. The molecule has 190 valence electrons. The Morgan fingerprint density at radius 3 is 2.56 bits per heavy atom. The third-order valence-electron chi connectivity index (χ3n) is 6.41. The lowest BCUT2D eigenvalue weighted by Crippen LogP contribution is -2.47. The van der Waals surface area contributed by atoms with Crippen molar-refractivity contribution in [3.8, 4) is 5.75 Å². The molecule has 2 aliphatic rings. The first-order valence-electron chi connectivity index (χ1n) is 11.6. The molecule has 3 rings (SSSR count). The highest BCUT2D eigenvalue weighted by molar-refractivity contribution is 5.99. The second kappa shape index (κ2) is 10.9. The SMILES string of the molecule is CO[C@@H]1CN(C)C(=O)c2cc(NC(=O)CC(F)(F)F)ccc2OC[C@@H](C)N(CC2CC2)C[C@H]1C. The van der Waals surface area contributed by atoms with Gasteiger partial charge in [0, 0.05) is 45.5 Å². The van der Waals surface area contributed by atoms with E-state index in [1.54, 1.807) is 14.2 Å². The van der Waals surface area contributed by atoms with Crippen molar-refractivity contribution in [2.45, 2.75) is 51.4 Å². The van der Waals surface area contributed by atoms with Crippen molar-refractivity contribution in [3.05, 3.63) is 23.8 Å². The number of amides is 2. The number of likely N-dealkylation sites (N-methyl/N-ethyl adjacent to an activating group) is 1. The van der Waals surface area contributed by atoms with E-state index in [0.29, 0.717) is 24.8 Å². The predicted octanol–water partition coefficient (Wildman–Crippen LogP) is 3.79. The lowest BCUT2D eigenvalue weighted by atomic mass is 10.0. The molecule has 1 heterocycles. The minimum Gasteiger partial charge on any atom is -0.491 e. The van der Waals surface area contributed by atoms with Crippen molar-refractivity contribution in [1.82, 2.24) is 9.80 Å². The minimum atomic E-state index is -4.62. The number of methoxy groups -OCH3 is 1. The van der Waals surface area contributed by atoms with Crippen LogP contribution in [0.5, 0.6) is 5.75 Å². The maximum Gasteiger partial charge on any atom is 0.397 e. The summed E-state index contributed by atoms with van der Waals surface area (Å²) < 4.78 is 49.4. The highest BCUT2D eigenvalue weighted by Gasteiger charge is 2.33. The van der Waals surface area contributed by atoms with Gasteiger partial charge in [-0.25, -0.2) is 0 Å². The molecule has 1 fully saturated rings. The molecular weight excluding hydrogens is 451 g/mol. The standard InChI is InChI=1S/C24H34F3N3O4/c1-15-11-30(12-17-5-6-17)16(2)14-34-20-8-7-18(28-22(31)10-24(25,26)27)9-19(20)23(32)29(3)13-21(15)33-4/h7-9,15-17,21H,5-6,10-14H2,1-4H3,(H,28,31)/t15-,16-,21-/m1/s1. The Hall–Kier alpha value is -2.33. The number of ether oxygens (including phenoxy) is 2. The van der Waals surface area contributed by atoms with Crippen molar-refractivity contribution >= 4 is 17.5 Å². The topological polar surface area (TPSA) is 71.1 Å². The van der Waals surface area contributed by atoms with Crippen molar-refractivity contribution < 1.29 is 32.2 Å². The molecule has 10 heteroatoms. The van der Waals surface area contributed by atoms with Crippen LogP contribution in [-0.4, -0.2) is 80.3 Å². The summed E-state index contributed by atoms with van der Waals surface area (Å²) in [5, 5.41) is 2.22. The summed E-state index contributed by atoms with van der Waals surface area (Å²) in [6.07, 6.45) is -3.95. The maximum absolute atomic E-state index is 13.3. The number of benzene rings is 1. The number of hydrogen-bond acceptors (Lipinski definition) is 5. The van der Waals surface area contributed by atoms with E-state index < -0.39 is 18.5 Å². The zero-order valence-electron chi connectivity index (χ0n) is 20.2. The Balaban J connectivity index is 1.87. The molecular formula is C24H34F3N3O4. The van der Waals surface area contributed by atoms with Gasteiger partial charge in [0.2, 0.25) is 5.91 Å². The quantitative estimate of drug-likeness (QED) is 0.687. The number of halogens is 3. The number of anilines is 1. The number of rotatable bonds is 5. The van der Waals surface area contributed by atoms with Crippen molar-refractivity contribution in [1.29, 1.82) is 0 Å². The Bertz CT molecular complexity index is 876. The number of fused-ring (bicyclic) bond motifs is 1. The normalized spacial score (nSPS) is 25.1.